The minimum Gasteiger partial charge on any atom is -0.361 e. The van der Waals surface area contributed by atoms with E-state index in [9.17, 15) is 4.79 Å². The van der Waals surface area contributed by atoms with Crippen molar-refractivity contribution in [3.63, 3.8) is 0 Å². The third-order valence-corrected chi connectivity index (χ3v) is 4.29. The molecule has 0 saturated carbocycles. The maximum atomic E-state index is 12.6. The fourth-order valence-corrected chi connectivity index (χ4v) is 3.08. The van der Waals surface area contributed by atoms with Crippen molar-refractivity contribution in [2.24, 2.45) is 5.41 Å². The molecule has 1 aliphatic rings. The monoisotopic (exact) mass is 279 g/mol. The van der Waals surface area contributed by atoms with Gasteiger partial charge in [0.2, 0.25) is 5.91 Å². The van der Waals surface area contributed by atoms with Crippen LogP contribution in [0.4, 0.5) is 0 Å². The number of nitrogens with zero attached hydrogens (tertiary/aromatic N) is 1. The molecule has 1 atom stereocenters. The van der Waals surface area contributed by atoms with Gasteiger partial charge in [-0.25, -0.2) is 0 Å². The fourth-order valence-electron chi connectivity index (χ4n) is 3.08. The van der Waals surface area contributed by atoms with Gasteiger partial charge in [-0.3, -0.25) is 4.79 Å². The highest BCUT2D eigenvalue weighted by Crippen LogP contribution is 2.32. The van der Waals surface area contributed by atoms with Gasteiger partial charge in [0, 0.05) is 18.7 Å². The highest BCUT2D eigenvalue weighted by atomic mass is 16.5. The first-order chi connectivity index (χ1) is 9.59. The molecule has 20 heavy (non-hydrogen) atoms. The molecule has 2 N–H and O–H groups in total. The number of carbonyl (C=O) groups is 1. The van der Waals surface area contributed by atoms with Crippen molar-refractivity contribution in [3.05, 3.63) is 17.0 Å². The molecular weight excluding hydrogens is 254 g/mol. The smallest absolute Gasteiger partial charge is 0.227 e. The van der Waals surface area contributed by atoms with Gasteiger partial charge in [-0.1, -0.05) is 18.5 Å². The lowest BCUT2D eigenvalue weighted by atomic mass is 9.76. The summed E-state index contributed by atoms with van der Waals surface area (Å²) in [5.41, 5.74) is 1.61. The maximum Gasteiger partial charge on any atom is 0.227 e. The van der Waals surface area contributed by atoms with Gasteiger partial charge in [0.25, 0.3) is 0 Å². The first kappa shape index (κ1) is 15.0. The van der Waals surface area contributed by atoms with E-state index in [2.05, 4.69) is 22.7 Å². The standard InChI is InChI=1S/C15H25N3O2/c1-4-6-15(7-5-8-16-10-15)14(19)17-9-13-11(2)18-20-12(13)3/h16H,4-10H2,1-3H3,(H,17,19). The maximum absolute atomic E-state index is 12.6. The fraction of sp³-hybridized carbons (Fsp3) is 0.733. The van der Waals surface area contributed by atoms with Crippen molar-refractivity contribution in [1.29, 1.82) is 0 Å². The molecule has 0 aliphatic carbocycles. The molecule has 5 heteroatoms. The molecule has 1 aromatic heterocycles. The van der Waals surface area contributed by atoms with Gasteiger partial charge in [0.15, 0.2) is 0 Å². The molecule has 0 bridgehead atoms. The largest absolute Gasteiger partial charge is 0.361 e. The zero-order valence-electron chi connectivity index (χ0n) is 12.7. The van der Waals surface area contributed by atoms with Gasteiger partial charge in [-0.05, 0) is 39.7 Å². The van der Waals surface area contributed by atoms with E-state index in [-0.39, 0.29) is 11.3 Å². The van der Waals surface area contributed by atoms with Crippen LogP contribution in [-0.2, 0) is 11.3 Å². The number of hydrogen-bond donors (Lipinski definition) is 2. The van der Waals surface area contributed by atoms with Crippen LogP contribution in [-0.4, -0.2) is 24.2 Å². The summed E-state index contributed by atoms with van der Waals surface area (Å²) in [7, 11) is 0. The predicted octanol–water partition coefficient (Wildman–Crippen LogP) is 2.08. The van der Waals surface area contributed by atoms with Gasteiger partial charge in [0.05, 0.1) is 11.1 Å². The van der Waals surface area contributed by atoms with E-state index in [1.54, 1.807) is 0 Å². The number of amides is 1. The van der Waals surface area contributed by atoms with Crippen LogP contribution in [0.2, 0.25) is 0 Å². The van der Waals surface area contributed by atoms with Gasteiger partial charge in [-0.2, -0.15) is 0 Å². The second-order valence-electron chi connectivity index (χ2n) is 5.80. The Morgan fingerprint density at radius 3 is 2.85 bits per heavy atom. The molecule has 0 spiro atoms. The molecule has 1 fully saturated rings. The number of carbonyl (C=O) groups excluding carboxylic acids is 1. The minimum absolute atomic E-state index is 0.159. The van der Waals surface area contributed by atoms with E-state index in [1.807, 2.05) is 13.8 Å². The summed E-state index contributed by atoms with van der Waals surface area (Å²) < 4.78 is 5.13. The van der Waals surface area contributed by atoms with E-state index in [4.69, 9.17) is 4.52 Å². The quantitative estimate of drug-likeness (QED) is 0.866. The first-order valence-electron chi connectivity index (χ1n) is 7.50. The SMILES string of the molecule is CCCC1(C(=O)NCc2c(C)noc2C)CCCNC1. The summed E-state index contributed by atoms with van der Waals surface area (Å²) in [6.07, 6.45) is 4.01. The average Bonchev–Trinajstić information content (AvgIpc) is 2.77. The second-order valence-corrected chi connectivity index (χ2v) is 5.80. The average molecular weight is 279 g/mol. The van der Waals surface area contributed by atoms with Crippen LogP contribution in [0.3, 0.4) is 0 Å². The summed E-state index contributed by atoms with van der Waals surface area (Å²) in [6.45, 7) is 8.23. The van der Waals surface area contributed by atoms with Gasteiger partial charge >= 0.3 is 0 Å². The van der Waals surface area contributed by atoms with Crippen molar-refractivity contribution in [2.45, 2.75) is 53.0 Å². The van der Waals surface area contributed by atoms with Crippen LogP contribution < -0.4 is 10.6 Å². The van der Waals surface area contributed by atoms with Crippen molar-refractivity contribution in [3.8, 4) is 0 Å². The van der Waals surface area contributed by atoms with Crippen LogP contribution in [0, 0.1) is 19.3 Å². The predicted molar refractivity (Wildman–Crippen MR) is 77.3 cm³/mol. The Morgan fingerprint density at radius 1 is 1.50 bits per heavy atom. The lowest BCUT2D eigenvalue weighted by molar-refractivity contribution is -0.132. The molecule has 1 amide bonds. The van der Waals surface area contributed by atoms with Crippen molar-refractivity contribution >= 4 is 5.91 Å². The van der Waals surface area contributed by atoms with E-state index >= 15 is 0 Å². The van der Waals surface area contributed by atoms with Gasteiger partial charge in [0.1, 0.15) is 5.76 Å². The zero-order valence-corrected chi connectivity index (χ0v) is 12.7. The normalized spacial score (nSPS) is 22.8. The second kappa shape index (κ2) is 6.39. The number of hydrogen-bond acceptors (Lipinski definition) is 4. The summed E-state index contributed by atoms with van der Waals surface area (Å²) in [4.78, 5) is 12.6. The molecule has 5 nitrogen and oxygen atoms in total. The van der Waals surface area contributed by atoms with Crippen molar-refractivity contribution in [1.82, 2.24) is 15.8 Å². The minimum atomic E-state index is -0.244. The lowest BCUT2D eigenvalue weighted by Gasteiger charge is -2.36. The molecule has 1 unspecified atom stereocenters. The van der Waals surface area contributed by atoms with Crippen LogP contribution in [0.25, 0.3) is 0 Å². The molecule has 1 aromatic rings. The lowest BCUT2D eigenvalue weighted by Crippen LogP contribution is -2.50. The molecule has 2 rings (SSSR count). The number of piperidine rings is 1. The van der Waals surface area contributed by atoms with Crippen LogP contribution in [0.1, 0.15) is 49.6 Å². The van der Waals surface area contributed by atoms with Crippen molar-refractivity contribution in [2.75, 3.05) is 13.1 Å². The molecule has 2 heterocycles. The van der Waals surface area contributed by atoms with E-state index < -0.39 is 0 Å². The van der Waals surface area contributed by atoms with E-state index in [0.717, 1.165) is 55.8 Å². The summed E-state index contributed by atoms with van der Waals surface area (Å²) in [6, 6.07) is 0. The Balaban J connectivity index is 2.02. The highest BCUT2D eigenvalue weighted by molar-refractivity contribution is 5.83. The van der Waals surface area contributed by atoms with Crippen molar-refractivity contribution < 1.29 is 9.32 Å². The first-order valence-corrected chi connectivity index (χ1v) is 7.50. The molecule has 1 aliphatic heterocycles. The third kappa shape index (κ3) is 3.03. The summed E-state index contributed by atoms with van der Waals surface area (Å²) in [5, 5.41) is 10.4. The Morgan fingerprint density at radius 2 is 2.30 bits per heavy atom. The third-order valence-electron chi connectivity index (χ3n) is 4.29. The number of rotatable bonds is 5. The molecule has 0 radical (unpaired) electrons. The van der Waals surface area contributed by atoms with E-state index in [1.165, 1.54) is 0 Å². The van der Waals surface area contributed by atoms with Gasteiger partial charge < -0.3 is 15.2 Å². The summed E-state index contributed by atoms with van der Waals surface area (Å²) >= 11 is 0. The number of nitrogens with one attached hydrogen (secondary N) is 2. The highest BCUT2D eigenvalue weighted by Gasteiger charge is 2.38. The number of aromatic nitrogens is 1. The molecule has 1 saturated heterocycles. The Labute approximate surface area is 120 Å². The Kier molecular flexibility index (Phi) is 4.81. The summed E-state index contributed by atoms with van der Waals surface area (Å²) in [5.74, 6) is 0.945. The van der Waals surface area contributed by atoms with Crippen LogP contribution in [0.5, 0.6) is 0 Å². The van der Waals surface area contributed by atoms with Gasteiger partial charge in [-0.15, -0.1) is 0 Å². The van der Waals surface area contributed by atoms with E-state index in [0.29, 0.717) is 6.54 Å². The number of aryl methyl sites for hydroxylation is 2. The van der Waals surface area contributed by atoms with Crippen LogP contribution >= 0.6 is 0 Å². The zero-order chi connectivity index (χ0) is 14.6. The molecule has 112 valence electrons. The molecular formula is C15H25N3O2. The topological polar surface area (TPSA) is 67.2 Å². The Bertz CT molecular complexity index is 437. The van der Waals surface area contributed by atoms with Crippen LogP contribution in [0.15, 0.2) is 4.52 Å². The Hall–Kier alpha value is -1.36. The molecule has 0 aromatic carbocycles.